The van der Waals surface area contributed by atoms with Crippen molar-refractivity contribution in [3.05, 3.63) is 12.2 Å². The average Bonchev–Trinajstić information content (AvgIpc) is 3.23. The van der Waals surface area contributed by atoms with Gasteiger partial charge in [0.15, 0.2) is 5.96 Å². The number of amides is 1. The first kappa shape index (κ1) is 19.2. The molecule has 2 atom stereocenters. The molecule has 0 aromatic rings. The quantitative estimate of drug-likeness (QED) is 0.469. The molecule has 2 unspecified atom stereocenters. The van der Waals surface area contributed by atoms with Gasteiger partial charge in [0.05, 0.1) is 6.04 Å². The van der Waals surface area contributed by atoms with Crippen molar-refractivity contribution in [2.75, 3.05) is 52.9 Å². The number of guanidine groups is 1. The third-order valence-corrected chi connectivity index (χ3v) is 6.07. The fourth-order valence-corrected chi connectivity index (χ4v) is 4.29. The average molecular weight is 362 g/mol. The number of allylic oxidation sites excluding steroid dienone is 2. The summed E-state index contributed by atoms with van der Waals surface area (Å²) in [5.74, 6) is 2.04. The molecule has 6 heteroatoms. The topological polar surface area (TPSA) is 51.2 Å². The highest BCUT2D eigenvalue weighted by atomic mass is 16.2. The molecule has 2 heterocycles. The van der Waals surface area contributed by atoms with E-state index < -0.39 is 0 Å². The van der Waals surface area contributed by atoms with Crippen LogP contribution in [0, 0.1) is 5.92 Å². The van der Waals surface area contributed by atoms with Gasteiger partial charge in [-0.1, -0.05) is 12.2 Å². The molecule has 0 saturated carbocycles. The van der Waals surface area contributed by atoms with E-state index in [-0.39, 0.29) is 6.04 Å². The summed E-state index contributed by atoms with van der Waals surface area (Å²) in [7, 11) is 1.87. The standard InChI is InChI=1S/C20H35N5O/c1-17(19(26)24-10-6-7-11-24)23-12-14-25(15-13-23)20(21-2)22-16-18-8-4-3-5-9-18/h3-4,17-18H,5-16H2,1-2H3,(H,21,22). The first-order valence-corrected chi connectivity index (χ1v) is 10.3. The minimum absolute atomic E-state index is 0.000694. The van der Waals surface area contributed by atoms with E-state index in [0.717, 1.165) is 70.5 Å². The molecule has 1 aliphatic carbocycles. The van der Waals surface area contributed by atoms with Crippen LogP contribution < -0.4 is 5.32 Å². The second-order valence-corrected chi connectivity index (χ2v) is 7.81. The number of likely N-dealkylation sites (tertiary alicyclic amines) is 1. The molecular weight excluding hydrogens is 326 g/mol. The molecule has 26 heavy (non-hydrogen) atoms. The Morgan fingerprint density at radius 3 is 2.46 bits per heavy atom. The lowest BCUT2D eigenvalue weighted by molar-refractivity contribution is -0.135. The molecule has 2 fully saturated rings. The van der Waals surface area contributed by atoms with Crippen LogP contribution in [0.4, 0.5) is 0 Å². The molecular formula is C20H35N5O. The predicted octanol–water partition coefficient (Wildman–Crippen LogP) is 1.55. The van der Waals surface area contributed by atoms with Crippen molar-refractivity contribution < 1.29 is 4.79 Å². The normalized spacial score (nSPS) is 26.2. The number of nitrogens with zero attached hydrogens (tertiary/aromatic N) is 4. The van der Waals surface area contributed by atoms with Gasteiger partial charge in [0.1, 0.15) is 0 Å². The fourth-order valence-electron chi connectivity index (χ4n) is 4.29. The van der Waals surface area contributed by atoms with Gasteiger partial charge >= 0.3 is 0 Å². The van der Waals surface area contributed by atoms with E-state index in [0.29, 0.717) is 5.91 Å². The Morgan fingerprint density at radius 2 is 1.85 bits per heavy atom. The van der Waals surface area contributed by atoms with Gasteiger partial charge in [0.2, 0.25) is 5.91 Å². The van der Waals surface area contributed by atoms with Crippen LogP contribution >= 0.6 is 0 Å². The Bertz CT molecular complexity index is 518. The maximum absolute atomic E-state index is 12.6. The molecule has 0 spiro atoms. The van der Waals surface area contributed by atoms with Gasteiger partial charge in [-0.15, -0.1) is 0 Å². The zero-order valence-electron chi connectivity index (χ0n) is 16.5. The van der Waals surface area contributed by atoms with Gasteiger partial charge in [-0.3, -0.25) is 14.7 Å². The number of nitrogens with one attached hydrogen (secondary N) is 1. The van der Waals surface area contributed by atoms with Gasteiger partial charge in [-0.05, 0) is 44.9 Å². The van der Waals surface area contributed by atoms with E-state index in [1.165, 1.54) is 19.3 Å². The van der Waals surface area contributed by atoms with Crippen molar-refractivity contribution in [1.82, 2.24) is 20.0 Å². The van der Waals surface area contributed by atoms with Gasteiger partial charge < -0.3 is 15.1 Å². The molecule has 0 aromatic heterocycles. The third-order valence-electron chi connectivity index (χ3n) is 6.07. The predicted molar refractivity (Wildman–Crippen MR) is 106 cm³/mol. The van der Waals surface area contributed by atoms with Crippen LogP contribution in [0.15, 0.2) is 17.1 Å². The molecule has 3 aliphatic rings. The Labute approximate surface area is 158 Å². The lowest BCUT2D eigenvalue weighted by Crippen LogP contribution is -2.57. The Kier molecular flexibility index (Phi) is 6.94. The molecule has 1 amide bonds. The van der Waals surface area contributed by atoms with Crippen molar-refractivity contribution in [3.63, 3.8) is 0 Å². The Hall–Kier alpha value is -1.56. The molecule has 0 aromatic carbocycles. The summed E-state index contributed by atoms with van der Waals surface area (Å²) in [6.07, 6.45) is 10.5. The summed E-state index contributed by atoms with van der Waals surface area (Å²) >= 11 is 0. The zero-order valence-corrected chi connectivity index (χ0v) is 16.5. The van der Waals surface area contributed by atoms with Crippen LogP contribution in [0.3, 0.4) is 0 Å². The van der Waals surface area contributed by atoms with Crippen LogP contribution in [0.1, 0.15) is 39.0 Å². The molecule has 0 bridgehead atoms. The highest BCUT2D eigenvalue weighted by molar-refractivity contribution is 5.82. The van der Waals surface area contributed by atoms with Crippen molar-refractivity contribution in [2.45, 2.75) is 45.1 Å². The van der Waals surface area contributed by atoms with E-state index >= 15 is 0 Å². The smallest absolute Gasteiger partial charge is 0.239 e. The summed E-state index contributed by atoms with van der Waals surface area (Å²) in [5.41, 5.74) is 0. The molecule has 2 aliphatic heterocycles. The van der Waals surface area contributed by atoms with Crippen molar-refractivity contribution in [3.8, 4) is 0 Å². The van der Waals surface area contributed by atoms with Crippen molar-refractivity contribution >= 4 is 11.9 Å². The number of rotatable bonds is 4. The van der Waals surface area contributed by atoms with E-state index in [9.17, 15) is 4.79 Å². The molecule has 6 nitrogen and oxygen atoms in total. The third kappa shape index (κ3) is 4.78. The van der Waals surface area contributed by atoms with Crippen LogP contribution in [-0.4, -0.2) is 85.5 Å². The number of piperazine rings is 1. The maximum Gasteiger partial charge on any atom is 0.239 e. The van der Waals surface area contributed by atoms with Crippen LogP contribution in [0.25, 0.3) is 0 Å². The van der Waals surface area contributed by atoms with Crippen molar-refractivity contribution in [1.29, 1.82) is 0 Å². The zero-order chi connectivity index (χ0) is 18.4. The monoisotopic (exact) mass is 361 g/mol. The Balaban J connectivity index is 1.44. The van der Waals surface area contributed by atoms with Crippen LogP contribution in [0.2, 0.25) is 0 Å². The van der Waals surface area contributed by atoms with Gasteiger partial charge in [0.25, 0.3) is 0 Å². The molecule has 146 valence electrons. The van der Waals surface area contributed by atoms with E-state index in [2.05, 4.69) is 39.2 Å². The lowest BCUT2D eigenvalue weighted by Gasteiger charge is -2.39. The highest BCUT2D eigenvalue weighted by Crippen LogP contribution is 2.17. The largest absolute Gasteiger partial charge is 0.356 e. The van der Waals surface area contributed by atoms with Gasteiger partial charge in [-0.2, -0.15) is 0 Å². The molecule has 1 N–H and O–H groups in total. The number of hydrogen-bond acceptors (Lipinski definition) is 3. The molecule has 3 rings (SSSR count). The SMILES string of the molecule is CN=C(NCC1CC=CCC1)N1CCN(C(C)C(=O)N2CCCC2)CC1. The number of aliphatic imine (C=N–C) groups is 1. The fraction of sp³-hybridized carbons (Fsp3) is 0.800. The molecule has 0 radical (unpaired) electrons. The second kappa shape index (κ2) is 9.40. The summed E-state index contributed by atoms with van der Waals surface area (Å²) in [4.78, 5) is 23.8. The second-order valence-electron chi connectivity index (χ2n) is 7.81. The lowest BCUT2D eigenvalue weighted by atomic mass is 9.94. The summed E-state index contributed by atoms with van der Waals surface area (Å²) in [6, 6.07) is -0.000694. The van der Waals surface area contributed by atoms with E-state index in [1.54, 1.807) is 0 Å². The molecule has 2 saturated heterocycles. The summed E-state index contributed by atoms with van der Waals surface area (Å²) < 4.78 is 0. The first-order chi connectivity index (χ1) is 12.7. The first-order valence-electron chi connectivity index (χ1n) is 10.3. The van der Waals surface area contributed by atoms with E-state index in [1.807, 2.05) is 11.9 Å². The number of carbonyl (C=O) groups is 1. The van der Waals surface area contributed by atoms with Crippen molar-refractivity contribution in [2.24, 2.45) is 10.9 Å². The number of carbonyl (C=O) groups excluding carboxylic acids is 1. The van der Waals surface area contributed by atoms with Gasteiger partial charge in [0, 0.05) is 52.9 Å². The summed E-state index contributed by atoms with van der Waals surface area (Å²) in [5, 5.41) is 3.57. The maximum atomic E-state index is 12.6. The highest BCUT2D eigenvalue weighted by Gasteiger charge is 2.30. The van der Waals surface area contributed by atoms with Crippen LogP contribution in [0.5, 0.6) is 0 Å². The number of hydrogen-bond donors (Lipinski definition) is 1. The minimum atomic E-state index is -0.000694. The Morgan fingerprint density at radius 1 is 1.12 bits per heavy atom. The minimum Gasteiger partial charge on any atom is -0.356 e. The van der Waals surface area contributed by atoms with Crippen LogP contribution in [-0.2, 0) is 4.79 Å². The summed E-state index contributed by atoms with van der Waals surface area (Å²) in [6.45, 7) is 8.66. The van der Waals surface area contributed by atoms with Gasteiger partial charge in [-0.25, -0.2) is 0 Å². The van der Waals surface area contributed by atoms with E-state index in [4.69, 9.17) is 0 Å².